The number of carbonyl (C=O) groups is 3. The number of ketones is 1. The number of benzene rings is 2. The van der Waals surface area contributed by atoms with Gasteiger partial charge in [-0.1, -0.05) is 30.3 Å². The first-order valence-corrected chi connectivity index (χ1v) is 9.05. The maximum atomic E-state index is 13.2. The second kappa shape index (κ2) is 7.77. The van der Waals surface area contributed by atoms with E-state index in [-0.39, 0.29) is 23.5 Å². The van der Waals surface area contributed by atoms with E-state index in [9.17, 15) is 19.5 Å². The van der Waals surface area contributed by atoms with Crippen LogP contribution in [-0.4, -0.2) is 55.9 Å². The standard InChI is InChI=1S/C21H18O9/c1-26-19(24)12-8-11-16(23)18-13(29-17(11)14(15(12)22)20(25)27-2)9-28-21(30-18)10-6-4-3-5-7-10/h3-8,13,18,21-22H,9H2,1-2H3/t13-,18-,21-/m1/s1. The van der Waals surface area contributed by atoms with Crippen LogP contribution in [0.4, 0.5) is 0 Å². The van der Waals surface area contributed by atoms with Crippen LogP contribution >= 0.6 is 0 Å². The molecule has 2 aliphatic heterocycles. The third kappa shape index (κ3) is 3.17. The summed E-state index contributed by atoms with van der Waals surface area (Å²) in [6.45, 7) is 0.00946. The normalized spacial score (nSPS) is 22.3. The van der Waals surface area contributed by atoms with E-state index in [0.29, 0.717) is 0 Å². The number of methoxy groups -OCH3 is 2. The lowest BCUT2D eigenvalue weighted by Crippen LogP contribution is -2.51. The van der Waals surface area contributed by atoms with Crippen LogP contribution in [0.15, 0.2) is 36.4 Å². The third-order valence-electron chi connectivity index (χ3n) is 4.93. The molecule has 9 nitrogen and oxygen atoms in total. The Morgan fingerprint density at radius 1 is 1.10 bits per heavy atom. The summed E-state index contributed by atoms with van der Waals surface area (Å²) in [5.74, 6) is -3.30. The van der Waals surface area contributed by atoms with Gasteiger partial charge in [-0.15, -0.1) is 0 Å². The van der Waals surface area contributed by atoms with Crippen LogP contribution in [0.5, 0.6) is 11.5 Å². The van der Waals surface area contributed by atoms with Crippen molar-refractivity contribution in [3.63, 3.8) is 0 Å². The third-order valence-corrected chi connectivity index (χ3v) is 4.93. The summed E-state index contributed by atoms with van der Waals surface area (Å²) in [4.78, 5) is 37.6. The van der Waals surface area contributed by atoms with Crippen LogP contribution in [0.1, 0.15) is 42.9 Å². The lowest BCUT2D eigenvalue weighted by Gasteiger charge is -2.39. The Hall–Kier alpha value is -3.43. The molecule has 1 fully saturated rings. The summed E-state index contributed by atoms with van der Waals surface area (Å²) >= 11 is 0. The summed E-state index contributed by atoms with van der Waals surface area (Å²) in [6, 6.07) is 10.2. The van der Waals surface area contributed by atoms with Crippen molar-refractivity contribution in [3.05, 3.63) is 58.7 Å². The molecule has 9 heteroatoms. The molecule has 2 heterocycles. The summed E-state index contributed by atoms with van der Waals surface area (Å²) < 4.78 is 26.7. The van der Waals surface area contributed by atoms with Crippen molar-refractivity contribution in [3.8, 4) is 11.5 Å². The molecule has 0 aromatic heterocycles. The minimum atomic E-state index is -1.03. The Balaban J connectivity index is 1.77. The molecule has 0 aliphatic carbocycles. The van der Waals surface area contributed by atoms with E-state index >= 15 is 0 Å². The van der Waals surface area contributed by atoms with Gasteiger partial charge in [0, 0.05) is 5.56 Å². The van der Waals surface area contributed by atoms with Gasteiger partial charge in [0.1, 0.15) is 22.6 Å². The van der Waals surface area contributed by atoms with Gasteiger partial charge in [-0.05, 0) is 6.07 Å². The van der Waals surface area contributed by atoms with Gasteiger partial charge in [0.25, 0.3) is 0 Å². The molecule has 4 rings (SSSR count). The highest BCUT2D eigenvalue weighted by Crippen LogP contribution is 2.42. The second-order valence-corrected chi connectivity index (χ2v) is 6.66. The fourth-order valence-corrected chi connectivity index (χ4v) is 3.46. The van der Waals surface area contributed by atoms with E-state index in [2.05, 4.69) is 4.74 Å². The van der Waals surface area contributed by atoms with Crippen LogP contribution in [-0.2, 0) is 18.9 Å². The van der Waals surface area contributed by atoms with E-state index in [0.717, 1.165) is 25.8 Å². The van der Waals surface area contributed by atoms with Crippen LogP contribution in [0.3, 0.4) is 0 Å². The average Bonchev–Trinajstić information content (AvgIpc) is 2.78. The molecule has 2 aliphatic rings. The Labute approximate surface area is 171 Å². The molecule has 156 valence electrons. The number of esters is 2. The number of phenols is 1. The monoisotopic (exact) mass is 414 g/mol. The summed E-state index contributed by atoms with van der Waals surface area (Å²) in [7, 11) is 2.21. The summed E-state index contributed by atoms with van der Waals surface area (Å²) in [5.41, 5.74) is -0.166. The lowest BCUT2D eigenvalue weighted by atomic mass is 9.92. The fraction of sp³-hybridized carbons (Fsp3) is 0.286. The van der Waals surface area contributed by atoms with E-state index in [1.807, 2.05) is 18.2 Å². The number of carbonyl (C=O) groups excluding carboxylic acids is 3. The molecule has 30 heavy (non-hydrogen) atoms. The zero-order chi connectivity index (χ0) is 21.4. The highest BCUT2D eigenvalue weighted by Gasteiger charge is 2.46. The first-order valence-electron chi connectivity index (χ1n) is 9.05. The number of hydrogen-bond acceptors (Lipinski definition) is 9. The number of ether oxygens (including phenoxy) is 5. The zero-order valence-electron chi connectivity index (χ0n) is 16.1. The van der Waals surface area contributed by atoms with E-state index in [1.165, 1.54) is 0 Å². The van der Waals surface area contributed by atoms with Crippen LogP contribution in [0.2, 0.25) is 0 Å². The molecule has 0 spiro atoms. The van der Waals surface area contributed by atoms with Gasteiger partial charge in [-0.3, -0.25) is 4.79 Å². The Morgan fingerprint density at radius 2 is 1.80 bits per heavy atom. The second-order valence-electron chi connectivity index (χ2n) is 6.66. The van der Waals surface area contributed by atoms with Gasteiger partial charge in [-0.25, -0.2) is 9.59 Å². The molecule has 1 saturated heterocycles. The maximum Gasteiger partial charge on any atom is 0.345 e. The zero-order valence-corrected chi connectivity index (χ0v) is 16.1. The van der Waals surface area contributed by atoms with Crippen molar-refractivity contribution < 1.29 is 43.2 Å². The molecule has 2 aromatic rings. The number of aromatic hydroxyl groups is 1. The highest BCUT2D eigenvalue weighted by molar-refractivity contribution is 6.11. The first kappa shape index (κ1) is 19.9. The number of rotatable bonds is 3. The molecule has 0 unspecified atom stereocenters. The molecule has 0 radical (unpaired) electrons. The van der Waals surface area contributed by atoms with Crippen LogP contribution < -0.4 is 4.74 Å². The van der Waals surface area contributed by atoms with Gasteiger partial charge in [0.15, 0.2) is 24.3 Å². The van der Waals surface area contributed by atoms with Crippen molar-refractivity contribution in [2.45, 2.75) is 18.5 Å². The Bertz CT molecular complexity index is 1010. The first-order chi connectivity index (χ1) is 14.5. The molecular weight excluding hydrogens is 396 g/mol. The maximum absolute atomic E-state index is 13.2. The van der Waals surface area contributed by atoms with Gasteiger partial charge >= 0.3 is 11.9 Å². The predicted molar refractivity (Wildman–Crippen MR) is 99.5 cm³/mol. The highest BCUT2D eigenvalue weighted by atomic mass is 16.7. The van der Waals surface area contributed by atoms with Crippen LogP contribution in [0.25, 0.3) is 0 Å². The largest absolute Gasteiger partial charge is 0.506 e. The van der Waals surface area contributed by atoms with Gasteiger partial charge in [0.2, 0.25) is 0 Å². The lowest BCUT2D eigenvalue weighted by molar-refractivity contribution is -0.239. The number of phenolic OH excluding ortho intramolecular Hbond substituents is 1. The number of hydrogen-bond donors (Lipinski definition) is 1. The molecule has 1 N–H and O–H groups in total. The molecule has 0 amide bonds. The predicted octanol–water partition coefficient (Wildman–Crippen LogP) is 2.02. The number of Topliss-reactive ketones (excluding diaryl/α,β-unsaturated/α-hetero) is 1. The summed E-state index contributed by atoms with van der Waals surface area (Å²) in [5, 5.41) is 10.5. The molecule has 0 bridgehead atoms. The van der Waals surface area contributed by atoms with E-state index in [4.69, 9.17) is 18.9 Å². The Kier molecular flexibility index (Phi) is 5.15. The minimum absolute atomic E-state index is 0.00946. The molecule has 0 saturated carbocycles. The van der Waals surface area contributed by atoms with Gasteiger partial charge in [0.05, 0.1) is 26.4 Å². The van der Waals surface area contributed by atoms with E-state index in [1.54, 1.807) is 12.1 Å². The van der Waals surface area contributed by atoms with Crippen molar-refractivity contribution in [1.29, 1.82) is 0 Å². The van der Waals surface area contributed by atoms with Crippen molar-refractivity contribution in [1.82, 2.24) is 0 Å². The van der Waals surface area contributed by atoms with Crippen LogP contribution in [0, 0.1) is 0 Å². The topological polar surface area (TPSA) is 118 Å². The molecule has 2 aromatic carbocycles. The van der Waals surface area contributed by atoms with Crippen molar-refractivity contribution >= 4 is 17.7 Å². The average molecular weight is 414 g/mol. The number of fused-ring (bicyclic) bond motifs is 2. The van der Waals surface area contributed by atoms with Gasteiger partial charge in [-0.2, -0.15) is 0 Å². The molecule has 3 atom stereocenters. The fourth-order valence-electron chi connectivity index (χ4n) is 3.46. The summed E-state index contributed by atoms with van der Waals surface area (Å²) in [6.07, 6.45) is -2.66. The van der Waals surface area contributed by atoms with Crippen molar-refractivity contribution in [2.24, 2.45) is 0 Å². The Morgan fingerprint density at radius 3 is 2.47 bits per heavy atom. The van der Waals surface area contributed by atoms with Gasteiger partial charge < -0.3 is 28.8 Å². The van der Waals surface area contributed by atoms with Crippen molar-refractivity contribution in [2.75, 3.05) is 20.8 Å². The van der Waals surface area contributed by atoms with E-state index < -0.39 is 47.5 Å². The molecular formula is C21H18O9. The minimum Gasteiger partial charge on any atom is -0.506 e. The quantitative estimate of drug-likeness (QED) is 0.753. The SMILES string of the molecule is COC(=O)c1cc2c(c(C(=O)OC)c1O)O[C@@H]1CO[C@@H](c3ccccc3)O[C@H]1C2=O. The smallest absolute Gasteiger partial charge is 0.345 e.